The molecule has 90 valence electrons. The fourth-order valence-electron chi connectivity index (χ4n) is 1.89. The molecule has 0 aliphatic carbocycles. The monoisotopic (exact) mass is 241 g/mol. The quantitative estimate of drug-likeness (QED) is 0.717. The summed E-state index contributed by atoms with van der Waals surface area (Å²) in [7, 11) is 0. The van der Waals surface area contributed by atoms with E-state index in [0.717, 1.165) is 30.8 Å². The van der Waals surface area contributed by atoms with Crippen LogP contribution in [0.25, 0.3) is 0 Å². The van der Waals surface area contributed by atoms with E-state index in [1.165, 1.54) is 0 Å². The van der Waals surface area contributed by atoms with Crippen molar-refractivity contribution in [2.24, 2.45) is 0 Å². The fourth-order valence-corrected chi connectivity index (χ4v) is 2.08. The van der Waals surface area contributed by atoms with E-state index >= 15 is 0 Å². The Hall–Kier alpha value is -0.830. The maximum absolute atomic E-state index is 5.85. The van der Waals surface area contributed by atoms with Gasteiger partial charge in [-0.3, -0.25) is 0 Å². The predicted octanol–water partition coefficient (Wildman–Crippen LogP) is 3.02. The lowest BCUT2D eigenvalue weighted by Crippen LogP contribution is -2.36. The zero-order valence-corrected chi connectivity index (χ0v) is 11.0. The molecule has 0 atom stereocenters. The molecule has 0 N–H and O–H groups in total. The van der Waals surface area contributed by atoms with Crippen molar-refractivity contribution in [1.29, 1.82) is 0 Å². The van der Waals surface area contributed by atoms with Crippen molar-refractivity contribution in [2.75, 3.05) is 17.3 Å². The minimum Gasteiger partial charge on any atom is -0.351 e. The maximum atomic E-state index is 5.85. The van der Waals surface area contributed by atoms with Crippen LogP contribution < -0.4 is 4.90 Å². The summed E-state index contributed by atoms with van der Waals surface area (Å²) in [6.45, 7) is 7.24. The molecule has 3 nitrogen and oxygen atoms in total. The zero-order chi connectivity index (χ0) is 12.0. The lowest BCUT2D eigenvalue weighted by Gasteiger charge is -2.30. The molecule has 0 aliphatic heterocycles. The molecule has 1 aromatic rings. The third kappa shape index (κ3) is 3.34. The van der Waals surface area contributed by atoms with Crippen LogP contribution in [0.4, 0.5) is 5.82 Å². The maximum Gasteiger partial charge on any atom is 0.151 e. The first kappa shape index (κ1) is 13.2. The Morgan fingerprint density at radius 2 is 2.06 bits per heavy atom. The smallest absolute Gasteiger partial charge is 0.151 e. The van der Waals surface area contributed by atoms with Crippen molar-refractivity contribution in [3.8, 4) is 0 Å². The Labute approximate surface area is 103 Å². The first-order valence-corrected chi connectivity index (χ1v) is 6.38. The van der Waals surface area contributed by atoms with E-state index in [4.69, 9.17) is 11.6 Å². The average Bonchev–Trinajstić information content (AvgIpc) is 2.29. The van der Waals surface area contributed by atoms with E-state index in [1.54, 1.807) is 6.20 Å². The molecule has 1 rings (SSSR count). The largest absolute Gasteiger partial charge is 0.351 e. The molecule has 0 saturated carbocycles. The molecule has 0 unspecified atom stereocenters. The van der Waals surface area contributed by atoms with Crippen LogP contribution in [0.3, 0.4) is 0 Å². The first-order valence-electron chi connectivity index (χ1n) is 5.84. The van der Waals surface area contributed by atoms with Gasteiger partial charge >= 0.3 is 0 Å². The van der Waals surface area contributed by atoms with Crippen LogP contribution in [0.1, 0.15) is 32.3 Å². The molecule has 0 fully saturated rings. The third-order valence-corrected chi connectivity index (χ3v) is 2.95. The molecule has 0 spiro atoms. The molecule has 0 aromatic carbocycles. The van der Waals surface area contributed by atoms with Gasteiger partial charge in [0.25, 0.3) is 0 Å². The number of hydrogen-bond acceptors (Lipinski definition) is 3. The highest BCUT2D eigenvalue weighted by Gasteiger charge is 2.16. The number of halogens is 1. The Bertz CT molecular complexity index is 313. The number of aromatic nitrogens is 2. The molecular weight excluding hydrogens is 222 g/mol. The molecule has 0 amide bonds. The minimum absolute atomic E-state index is 0.495. The first-order chi connectivity index (χ1) is 7.72. The molecular formula is C12H20ClN3. The fraction of sp³-hybridized carbons (Fsp3) is 0.667. The predicted molar refractivity (Wildman–Crippen MR) is 69.2 cm³/mol. The van der Waals surface area contributed by atoms with Gasteiger partial charge in [-0.1, -0.05) is 13.8 Å². The van der Waals surface area contributed by atoms with E-state index in [1.807, 2.05) is 6.92 Å². The minimum atomic E-state index is 0.495. The van der Waals surface area contributed by atoms with Crippen LogP contribution in [0.15, 0.2) is 12.3 Å². The highest BCUT2D eigenvalue weighted by atomic mass is 35.5. The topological polar surface area (TPSA) is 29.0 Å². The number of rotatable bonds is 6. The Morgan fingerprint density at radius 1 is 1.38 bits per heavy atom. The van der Waals surface area contributed by atoms with Crippen LogP contribution in [-0.2, 0) is 0 Å². The van der Waals surface area contributed by atoms with Gasteiger partial charge < -0.3 is 4.90 Å². The molecule has 4 heteroatoms. The van der Waals surface area contributed by atoms with E-state index in [0.29, 0.717) is 11.9 Å². The summed E-state index contributed by atoms with van der Waals surface area (Å²) >= 11 is 5.85. The zero-order valence-electron chi connectivity index (χ0n) is 10.3. The number of nitrogens with zero attached hydrogens (tertiary/aromatic N) is 3. The standard InChI is InChI=1S/C12H20ClN3/c1-4-11(5-2)16(7-6-13)12-8-10(3)9-14-15-12/h8-9,11H,4-7H2,1-3H3. The number of anilines is 1. The van der Waals surface area contributed by atoms with Crippen LogP contribution >= 0.6 is 11.6 Å². The summed E-state index contributed by atoms with van der Waals surface area (Å²) in [5.41, 5.74) is 1.13. The van der Waals surface area contributed by atoms with E-state index < -0.39 is 0 Å². The highest BCUT2D eigenvalue weighted by molar-refractivity contribution is 6.18. The normalized spacial score (nSPS) is 10.8. The molecule has 1 aromatic heterocycles. The molecule has 0 radical (unpaired) electrons. The van der Waals surface area contributed by atoms with Gasteiger partial charge in [0.05, 0.1) is 6.20 Å². The SMILES string of the molecule is CCC(CC)N(CCCl)c1cc(C)cnn1. The van der Waals surface area contributed by atoms with Gasteiger partial charge in [-0.05, 0) is 31.4 Å². The Kier molecular flexibility index (Phi) is 5.53. The van der Waals surface area contributed by atoms with Crippen molar-refractivity contribution in [1.82, 2.24) is 10.2 Å². The van der Waals surface area contributed by atoms with E-state index in [9.17, 15) is 0 Å². The van der Waals surface area contributed by atoms with Gasteiger partial charge in [0.2, 0.25) is 0 Å². The summed E-state index contributed by atoms with van der Waals surface area (Å²) in [6, 6.07) is 2.56. The van der Waals surface area contributed by atoms with Gasteiger partial charge in [-0.15, -0.1) is 16.7 Å². The van der Waals surface area contributed by atoms with Gasteiger partial charge in [0, 0.05) is 18.5 Å². The number of aryl methyl sites for hydroxylation is 1. The van der Waals surface area contributed by atoms with Crippen LogP contribution in [0.5, 0.6) is 0 Å². The highest BCUT2D eigenvalue weighted by Crippen LogP contribution is 2.18. The summed E-state index contributed by atoms with van der Waals surface area (Å²) in [5.74, 6) is 1.56. The molecule has 0 saturated heterocycles. The number of hydrogen-bond donors (Lipinski definition) is 0. The van der Waals surface area contributed by atoms with Gasteiger partial charge in [-0.25, -0.2) is 0 Å². The average molecular weight is 242 g/mol. The summed E-state index contributed by atoms with van der Waals surface area (Å²) < 4.78 is 0. The Balaban J connectivity index is 2.91. The number of alkyl halides is 1. The van der Waals surface area contributed by atoms with Crippen molar-refractivity contribution in [3.05, 3.63) is 17.8 Å². The van der Waals surface area contributed by atoms with Crippen LogP contribution in [0, 0.1) is 6.92 Å². The molecule has 1 heterocycles. The second-order valence-electron chi connectivity index (χ2n) is 3.94. The van der Waals surface area contributed by atoms with Crippen molar-refractivity contribution < 1.29 is 0 Å². The summed E-state index contributed by atoms with van der Waals surface area (Å²) in [5, 5.41) is 8.20. The Morgan fingerprint density at radius 3 is 2.56 bits per heavy atom. The van der Waals surface area contributed by atoms with Crippen LogP contribution in [-0.4, -0.2) is 28.7 Å². The van der Waals surface area contributed by atoms with Gasteiger partial charge in [0.15, 0.2) is 5.82 Å². The van der Waals surface area contributed by atoms with Crippen molar-refractivity contribution >= 4 is 17.4 Å². The van der Waals surface area contributed by atoms with Gasteiger partial charge in [-0.2, -0.15) is 5.10 Å². The molecule has 0 bridgehead atoms. The lowest BCUT2D eigenvalue weighted by molar-refractivity contribution is 0.560. The van der Waals surface area contributed by atoms with E-state index in [-0.39, 0.29) is 0 Å². The van der Waals surface area contributed by atoms with Crippen molar-refractivity contribution in [2.45, 2.75) is 39.7 Å². The summed E-state index contributed by atoms with van der Waals surface area (Å²) in [6.07, 6.45) is 3.97. The second-order valence-corrected chi connectivity index (χ2v) is 4.32. The summed E-state index contributed by atoms with van der Waals surface area (Å²) in [4.78, 5) is 2.26. The molecule has 16 heavy (non-hydrogen) atoms. The molecule has 0 aliphatic rings. The van der Waals surface area contributed by atoms with E-state index in [2.05, 4.69) is 35.0 Å². The second kappa shape index (κ2) is 6.69. The van der Waals surface area contributed by atoms with Gasteiger partial charge in [0.1, 0.15) is 0 Å². The third-order valence-electron chi connectivity index (χ3n) is 2.78. The van der Waals surface area contributed by atoms with Crippen molar-refractivity contribution in [3.63, 3.8) is 0 Å². The lowest BCUT2D eigenvalue weighted by atomic mass is 10.1. The van der Waals surface area contributed by atoms with Crippen LogP contribution in [0.2, 0.25) is 0 Å².